The smallest absolute Gasteiger partial charge is 0.316 e. The second kappa shape index (κ2) is 25.4. The van der Waals surface area contributed by atoms with Gasteiger partial charge in [0.1, 0.15) is 18.3 Å². The van der Waals surface area contributed by atoms with Gasteiger partial charge in [-0.15, -0.1) is 6.42 Å². The lowest BCUT2D eigenvalue weighted by Crippen LogP contribution is -2.79. The van der Waals surface area contributed by atoms with Crippen LogP contribution in [0.3, 0.4) is 0 Å². The lowest BCUT2D eigenvalue weighted by Gasteiger charge is -2.60. The topological polar surface area (TPSA) is 152 Å². The van der Waals surface area contributed by atoms with E-state index in [1.54, 1.807) is 0 Å². The number of hydrogen-bond donors (Lipinski definition) is 5. The molecule has 1 saturated heterocycles. The van der Waals surface area contributed by atoms with Crippen LogP contribution in [0.4, 0.5) is 4.79 Å². The Hall–Kier alpha value is -2.81. The van der Waals surface area contributed by atoms with Gasteiger partial charge in [0.2, 0.25) is 11.8 Å². The Morgan fingerprint density at radius 1 is 0.844 bits per heavy atom. The average Bonchev–Trinajstić information content (AvgIpc) is 3.72. The van der Waals surface area contributed by atoms with Crippen molar-refractivity contribution in [2.24, 2.45) is 46.2 Å². The molecule has 1 aliphatic heterocycles. The predicted molar refractivity (Wildman–Crippen MR) is 258 cm³/mol. The summed E-state index contributed by atoms with van der Waals surface area (Å²) >= 11 is 0. The van der Waals surface area contributed by atoms with Crippen molar-refractivity contribution in [3.05, 3.63) is 11.9 Å². The Morgan fingerprint density at radius 3 is 2.36 bits per heavy atom. The van der Waals surface area contributed by atoms with Crippen LogP contribution >= 0.6 is 0 Å². The molecule has 364 valence electrons. The van der Waals surface area contributed by atoms with Crippen LogP contribution in [-0.4, -0.2) is 86.4 Å². The van der Waals surface area contributed by atoms with Crippen molar-refractivity contribution in [3.8, 4) is 12.3 Å². The third kappa shape index (κ3) is 13.9. The predicted octanol–water partition coefficient (Wildman–Crippen LogP) is 8.32. The third-order valence-corrected chi connectivity index (χ3v) is 17.5. The fraction of sp³-hybridized carbons (Fsp3) is 0.868. The number of ether oxygens (including phenoxy) is 2. The summed E-state index contributed by atoms with van der Waals surface area (Å²) in [6.07, 6.45) is 35.8. The Balaban J connectivity index is 0.922. The molecule has 4 amide bonds. The minimum Gasteiger partial charge on any atom is -0.396 e. The molecule has 0 bridgehead atoms. The Labute approximate surface area is 389 Å². The summed E-state index contributed by atoms with van der Waals surface area (Å²) in [4.78, 5) is 40.0. The fourth-order valence-electron chi connectivity index (χ4n) is 13.5. The highest BCUT2D eigenvalue weighted by molar-refractivity contribution is 5.80. The first kappa shape index (κ1) is 52.2. The molecular formula is C53H93N6O5+. The molecule has 0 aromatic rings. The molecular weight excluding hydrogens is 801 g/mol. The lowest BCUT2D eigenvalue weighted by molar-refractivity contribution is -0.590. The molecule has 5 rings (SSSR count). The van der Waals surface area contributed by atoms with Crippen LogP contribution in [0.2, 0.25) is 0 Å². The fourth-order valence-corrected chi connectivity index (χ4v) is 13.5. The van der Waals surface area contributed by atoms with Gasteiger partial charge in [-0.05, 0) is 138 Å². The van der Waals surface area contributed by atoms with E-state index in [2.05, 4.69) is 42.6 Å². The average molecular weight is 894 g/mol. The van der Waals surface area contributed by atoms with E-state index >= 15 is 0 Å². The van der Waals surface area contributed by atoms with Crippen molar-refractivity contribution < 1.29 is 29.2 Å². The van der Waals surface area contributed by atoms with Gasteiger partial charge in [0.05, 0.1) is 44.2 Å². The second-order valence-corrected chi connectivity index (χ2v) is 21.9. The van der Waals surface area contributed by atoms with Crippen LogP contribution in [0, 0.1) is 52.8 Å². The number of quaternary nitrogens is 1. The van der Waals surface area contributed by atoms with Crippen molar-refractivity contribution in [2.45, 2.75) is 200 Å². The minimum absolute atomic E-state index is 0.00864. The van der Waals surface area contributed by atoms with Crippen LogP contribution in [0.1, 0.15) is 189 Å². The molecule has 0 aromatic heterocycles. The highest BCUT2D eigenvalue weighted by Gasteiger charge is 2.59. The zero-order valence-electron chi connectivity index (χ0n) is 41.3. The van der Waals surface area contributed by atoms with E-state index in [9.17, 15) is 14.4 Å². The molecule has 0 spiro atoms. The van der Waals surface area contributed by atoms with Gasteiger partial charge >= 0.3 is 6.03 Å². The lowest BCUT2D eigenvalue weighted by atomic mass is 9.45. The van der Waals surface area contributed by atoms with E-state index in [-0.39, 0.29) is 17.8 Å². The first-order valence-electron chi connectivity index (χ1n) is 26.3. The zero-order valence-corrected chi connectivity index (χ0v) is 41.3. The van der Waals surface area contributed by atoms with E-state index in [1.165, 1.54) is 96.3 Å². The third-order valence-electron chi connectivity index (χ3n) is 17.5. The molecule has 11 heteroatoms. The van der Waals surface area contributed by atoms with Gasteiger partial charge in [0.25, 0.3) is 0 Å². The molecule has 0 radical (unpaired) electrons. The number of amides is 4. The number of hydrogen-bond acceptors (Lipinski definition) is 6. The summed E-state index contributed by atoms with van der Waals surface area (Å²) in [7, 11) is 0. The molecule has 11 nitrogen and oxygen atoms in total. The molecule has 5 fully saturated rings. The number of nitrogens with zero attached hydrogens (tertiary/aromatic N) is 1. The summed E-state index contributed by atoms with van der Waals surface area (Å²) in [6.45, 7) is 15.9. The largest absolute Gasteiger partial charge is 0.396 e. The summed E-state index contributed by atoms with van der Waals surface area (Å²) in [5.74, 6) is 7.59. The number of terminal acetylenes is 1. The molecule has 5 aliphatic rings. The molecule has 64 heavy (non-hydrogen) atoms. The number of carbonyl (C=O) groups is 3. The quantitative estimate of drug-likeness (QED) is 0.0377. The van der Waals surface area contributed by atoms with E-state index in [0.29, 0.717) is 69.6 Å². The maximum atomic E-state index is 13.8. The van der Waals surface area contributed by atoms with Gasteiger partial charge < -0.3 is 41.4 Å². The minimum atomic E-state index is -0.710. The van der Waals surface area contributed by atoms with Crippen molar-refractivity contribution in [3.63, 3.8) is 0 Å². The van der Waals surface area contributed by atoms with Crippen LogP contribution in [0.25, 0.3) is 0 Å². The zero-order chi connectivity index (χ0) is 46.1. The van der Waals surface area contributed by atoms with E-state index in [0.717, 1.165) is 86.9 Å². The van der Waals surface area contributed by atoms with Gasteiger partial charge in [0.15, 0.2) is 0 Å². The number of fused-ring (bicyclic) bond motifs is 5. The van der Waals surface area contributed by atoms with Gasteiger partial charge in [-0.2, -0.15) is 0 Å². The van der Waals surface area contributed by atoms with Crippen molar-refractivity contribution in [2.75, 3.05) is 52.6 Å². The standard InChI is InChI=1S/C53H92N6O5/c1-7-9-10-11-12-18-34-59(48(61)23-19-21-42-25-27-45-44-26-24-41-20-15-17-29-51(41,5)46(44)28-31-52(42,45)6)40-43(54)39-55-32-35-63-37-38-64-36-33-56-47(60)22-14-13-16-30-53(8-2)50(3,4)57-49(62)58-53/h2,39,41-42,44-46,55H,7,9-38,40,54H2,1,3-6H3,(H,56,60)(H2,57,58,62)/p+1/b43-39-/t41?,42-,44?,45?,46?,51-,52+,53+/m0/s1. The molecule has 1 heterocycles. The Kier molecular flexibility index (Phi) is 20.7. The first-order chi connectivity index (χ1) is 30.8. The molecule has 4 unspecified atom stereocenters. The van der Waals surface area contributed by atoms with Gasteiger partial charge in [0, 0.05) is 25.9 Å². The van der Waals surface area contributed by atoms with Crippen LogP contribution < -0.4 is 27.0 Å². The number of carbonyl (C=O) groups excluding carboxylic acids is 3. The highest BCUT2D eigenvalue weighted by Crippen LogP contribution is 2.68. The number of nitrogens with two attached hydrogens (primary N) is 2. The summed E-state index contributed by atoms with van der Waals surface area (Å²) in [5.41, 5.74) is 7.11. The number of urea groups is 1. The Morgan fingerprint density at radius 2 is 1.59 bits per heavy atom. The van der Waals surface area contributed by atoms with Crippen molar-refractivity contribution in [1.29, 1.82) is 0 Å². The summed E-state index contributed by atoms with van der Waals surface area (Å²) < 4.78 is 11.4. The van der Waals surface area contributed by atoms with Crippen LogP contribution in [-0.2, 0) is 19.1 Å². The number of rotatable bonds is 29. The summed E-state index contributed by atoms with van der Waals surface area (Å²) in [6, 6.07) is -0.234. The number of nitrogens with one attached hydrogen (secondary N) is 3. The first-order valence-corrected chi connectivity index (χ1v) is 26.3. The maximum absolute atomic E-state index is 13.8. The summed E-state index contributed by atoms with van der Waals surface area (Å²) in [5, 5.41) is 10.8. The SMILES string of the molecule is C#C[C@]1(CCCCCC(=O)NCCOCCOCC[NH2+]/C=C(\N)CN(CCCCCCCC)C(=O)CCC[C@H]2CCC3C4CCC5CCCC[C@]5(C)C4CC[C@@]32C)NC(=O)NC1(C)C. The molecule has 4 aliphatic carbocycles. The normalized spacial score (nSPS) is 30.7. The van der Waals surface area contributed by atoms with E-state index < -0.39 is 11.1 Å². The monoisotopic (exact) mass is 894 g/mol. The Bertz CT molecular complexity index is 1550. The maximum Gasteiger partial charge on any atom is 0.316 e. The van der Waals surface area contributed by atoms with Gasteiger partial charge in [-0.1, -0.05) is 84.5 Å². The van der Waals surface area contributed by atoms with E-state index in [1.807, 2.05) is 30.3 Å². The van der Waals surface area contributed by atoms with Gasteiger partial charge in [-0.25, -0.2) is 4.79 Å². The molecule has 4 saturated carbocycles. The van der Waals surface area contributed by atoms with Gasteiger partial charge in [-0.3, -0.25) is 9.59 Å². The molecule has 8 atom stereocenters. The van der Waals surface area contributed by atoms with Crippen LogP contribution in [0.5, 0.6) is 0 Å². The molecule has 0 aromatic carbocycles. The molecule has 7 N–H and O–H groups in total. The highest BCUT2D eigenvalue weighted by atomic mass is 16.5. The van der Waals surface area contributed by atoms with Crippen molar-refractivity contribution >= 4 is 17.8 Å². The van der Waals surface area contributed by atoms with Crippen LogP contribution in [0.15, 0.2) is 11.9 Å². The van der Waals surface area contributed by atoms with E-state index in [4.69, 9.17) is 21.6 Å². The van der Waals surface area contributed by atoms with Crippen molar-refractivity contribution in [1.82, 2.24) is 20.9 Å². The number of unbranched alkanes of at least 4 members (excludes halogenated alkanes) is 7. The second-order valence-electron chi connectivity index (χ2n) is 21.9.